The van der Waals surface area contributed by atoms with Crippen molar-refractivity contribution in [2.24, 2.45) is 11.1 Å². The second-order valence-electron chi connectivity index (χ2n) is 5.97. The van der Waals surface area contributed by atoms with Crippen LogP contribution in [-0.2, 0) is 10.0 Å². The van der Waals surface area contributed by atoms with Gasteiger partial charge in [-0.25, -0.2) is 13.6 Å². The highest BCUT2D eigenvalue weighted by Crippen LogP contribution is 2.24. The Morgan fingerprint density at radius 3 is 2.43 bits per heavy atom. The Balaban J connectivity index is 2.69. The van der Waals surface area contributed by atoms with Gasteiger partial charge in [-0.05, 0) is 42.5 Å². The van der Waals surface area contributed by atoms with Gasteiger partial charge in [-0.1, -0.05) is 33.3 Å². The van der Waals surface area contributed by atoms with Crippen LogP contribution in [0.25, 0.3) is 0 Å². The minimum absolute atomic E-state index is 0.0239. The van der Waals surface area contributed by atoms with E-state index in [2.05, 4.69) is 26.8 Å². The Morgan fingerprint density at radius 1 is 1.29 bits per heavy atom. The molecule has 1 aromatic rings. The maximum Gasteiger partial charge on any atom is 0.209 e. The molecule has 0 fully saturated rings. The van der Waals surface area contributed by atoms with Gasteiger partial charge in [0.25, 0.3) is 0 Å². The van der Waals surface area contributed by atoms with Crippen LogP contribution in [-0.4, -0.2) is 20.8 Å². The van der Waals surface area contributed by atoms with E-state index in [1.54, 1.807) is 0 Å². The molecule has 21 heavy (non-hydrogen) atoms. The molecule has 0 bridgehead atoms. The largest absolute Gasteiger partial charge is 0.493 e. The third-order valence-corrected chi connectivity index (χ3v) is 4.45. The number of ether oxygens (including phenoxy) is 1. The van der Waals surface area contributed by atoms with Crippen LogP contribution in [0.15, 0.2) is 18.2 Å². The Bertz CT molecular complexity index is 553. The summed E-state index contributed by atoms with van der Waals surface area (Å²) >= 11 is 0. The highest BCUT2D eigenvalue weighted by atomic mass is 32.2. The summed E-state index contributed by atoms with van der Waals surface area (Å²) in [5.74, 6) is 1.18. The highest BCUT2D eigenvalue weighted by molar-refractivity contribution is 7.89. The summed E-state index contributed by atoms with van der Waals surface area (Å²) in [4.78, 5) is 0. The normalized spacial score (nSPS) is 13.4. The van der Waals surface area contributed by atoms with Crippen LogP contribution < -0.4 is 9.88 Å². The lowest BCUT2D eigenvalue weighted by molar-refractivity contribution is 0.252. The van der Waals surface area contributed by atoms with Gasteiger partial charge < -0.3 is 4.74 Å². The zero-order chi connectivity index (χ0) is 16.0. The molecular formula is C16H27NO3S. The Morgan fingerprint density at radius 2 is 1.95 bits per heavy atom. The van der Waals surface area contributed by atoms with E-state index in [0.717, 1.165) is 18.6 Å². The van der Waals surface area contributed by atoms with Gasteiger partial charge in [0.1, 0.15) is 5.75 Å². The molecule has 0 saturated heterocycles. The van der Waals surface area contributed by atoms with Crippen molar-refractivity contribution in [3.63, 3.8) is 0 Å². The van der Waals surface area contributed by atoms with Gasteiger partial charge in [-0.3, -0.25) is 0 Å². The number of sulfonamides is 1. The molecule has 0 aromatic heterocycles. The Labute approximate surface area is 128 Å². The van der Waals surface area contributed by atoms with Gasteiger partial charge in [-0.2, -0.15) is 0 Å². The third kappa shape index (κ3) is 6.48. The first kappa shape index (κ1) is 18.0. The lowest BCUT2D eigenvalue weighted by Gasteiger charge is -2.17. The smallest absolute Gasteiger partial charge is 0.209 e. The summed E-state index contributed by atoms with van der Waals surface area (Å²) < 4.78 is 28.2. The van der Waals surface area contributed by atoms with E-state index in [-0.39, 0.29) is 11.7 Å². The standard InChI is InChI=1S/C16H27NO3S/c1-5-6-14(11-21(17,18)19)10-20-15-7-8-16(12(2)3)13(4)9-15/h7-9,12,14H,5-6,10-11H2,1-4H3,(H2,17,18,19). The summed E-state index contributed by atoms with van der Waals surface area (Å²) in [6.07, 6.45) is 1.70. The lowest BCUT2D eigenvalue weighted by Crippen LogP contribution is -2.27. The van der Waals surface area contributed by atoms with Crippen LogP contribution in [0.3, 0.4) is 0 Å². The molecule has 0 aliphatic carbocycles. The van der Waals surface area contributed by atoms with Gasteiger partial charge in [0, 0.05) is 5.92 Å². The Kier molecular flexibility index (Phi) is 6.68. The van der Waals surface area contributed by atoms with Crippen molar-refractivity contribution in [3.05, 3.63) is 29.3 Å². The third-order valence-electron chi connectivity index (χ3n) is 3.51. The lowest BCUT2D eigenvalue weighted by atomic mass is 9.98. The fourth-order valence-corrected chi connectivity index (χ4v) is 3.47. The molecule has 1 aromatic carbocycles. The molecule has 1 atom stereocenters. The predicted octanol–water partition coefficient (Wildman–Crippen LogP) is 3.20. The number of benzene rings is 1. The number of aryl methyl sites for hydroxylation is 1. The van der Waals surface area contributed by atoms with E-state index >= 15 is 0 Å². The topological polar surface area (TPSA) is 69.4 Å². The van der Waals surface area contributed by atoms with Crippen LogP contribution >= 0.6 is 0 Å². The molecule has 4 nitrogen and oxygen atoms in total. The minimum atomic E-state index is -3.46. The number of hydrogen-bond acceptors (Lipinski definition) is 3. The van der Waals surface area contributed by atoms with E-state index in [1.165, 1.54) is 11.1 Å². The maximum absolute atomic E-state index is 11.2. The van der Waals surface area contributed by atoms with Crippen molar-refractivity contribution in [3.8, 4) is 5.75 Å². The fourth-order valence-electron chi connectivity index (χ4n) is 2.55. The van der Waals surface area contributed by atoms with Gasteiger partial charge in [-0.15, -0.1) is 0 Å². The average Bonchev–Trinajstić information content (AvgIpc) is 2.34. The summed E-state index contributed by atoms with van der Waals surface area (Å²) in [5.41, 5.74) is 2.50. The van der Waals surface area contributed by atoms with Gasteiger partial charge in [0.2, 0.25) is 10.0 Å². The average molecular weight is 313 g/mol. The van der Waals surface area contributed by atoms with E-state index in [9.17, 15) is 8.42 Å². The molecule has 0 aliphatic rings. The minimum Gasteiger partial charge on any atom is -0.493 e. The first-order valence-electron chi connectivity index (χ1n) is 7.46. The second kappa shape index (κ2) is 7.80. The summed E-state index contributed by atoms with van der Waals surface area (Å²) in [6, 6.07) is 6.03. The zero-order valence-corrected chi connectivity index (χ0v) is 14.2. The number of primary sulfonamides is 1. The van der Waals surface area contributed by atoms with E-state index in [4.69, 9.17) is 9.88 Å². The maximum atomic E-state index is 11.2. The molecule has 0 heterocycles. The predicted molar refractivity (Wildman–Crippen MR) is 87.1 cm³/mol. The Hall–Kier alpha value is -1.07. The molecule has 2 N–H and O–H groups in total. The summed E-state index contributed by atoms with van der Waals surface area (Å²) in [7, 11) is -3.46. The number of rotatable bonds is 8. The van der Waals surface area contributed by atoms with Crippen LogP contribution in [0.1, 0.15) is 50.7 Å². The molecule has 5 heteroatoms. The SMILES string of the molecule is CCCC(COc1ccc(C(C)C)c(C)c1)CS(N)(=O)=O. The molecule has 0 spiro atoms. The monoisotopic (exact) mass is 313 g/mol. The molecule has 0 amide bonds. The van der Waals surface area contributed by atoms with Crippen LogP contribution in [0.2, 0.25) is 0 Å². The van der Waals surface area contributed by atoms with Gasteiger partial charge >= 0.3 is 0 Å². The van der Waals surface area contributed by atoms with E-state index in [0.29, 0.717) is 12.5 Å². The first-order chi connectivity index (χ1) is 9.73. The van der Waals surface area contributed by atoms with E-state index in [1.807, 2.05) is 19.1 Å². The molecule has 0 radical (unpaired) electrons. The molecule has 0 saturated carbocycles. The fraction of sp³-hybridized carbons (Fsp3) is 0.625. The first-order valence-corrected chi connectivity index (χ1v) is 9.18. The van der Waals surface area contributed by atoms with Crippen molar-refractivity contribution in [1.82, 2.24) is 0 Å². The number of nitrogens with two attached hydrogens (primary N) is 1. The highest BCUT2D eigenvalue weighted by Gasteiger charge is 2.16. The van der Waals surface area contributed by atoms with Crippen LogP contribution in [0.4, 0.5) is 0 Å². The quantitative estimate of drug-likeness (QED) is 0.801. The van der Waals surface area contributed by atoms with Crippen molar-refractivity contribution in [1.29, 1.82) is 0 Å². The summed E-state index contributed by atoms with van der Waals surface area (Å²) in [6.45, 7) is 8.79. The molecule has 120 valence electrons. The van der Waals surface area contributed by atoms with Gasteiger partial charge in [0.05, 0.1) is 12.4 Å². The molecule has 1 unspecified atom stereocenters. The molecular weight excluding hydrogens is 286 g/mol. The molecule has 1 rings (SSSR count). The zero-order valence-electron chi connectivity index (χ0n) is 13.4. The number of hydrogen-bond donors (Lipinski definition) is 1. The summed E-state index contributed by atoms with van der Waals surface area (Å²) in [5, 5.41) is 5.13. The van der Waals surface area contributed by atoms with Crippen molar-refractivity contribution >= 4 is 10.0 Å². The van der Waals surface area contributed by atoms with Crippen molar-refractivity contribution < 1.29 is 13.2 Å². The van der Waals surface area contributed by atoms with Crippen LogP contribution in [0.5, 0.6) is 5.75 Å². The van der Waals surface area contributed by atoms with Crippen LogP contribution in [0, 0.1) is 12.8 Å². The van der Waals surface area contributed by atoms with E-state index < -0.39 is 10.0 Å². The van der Waals surface area contributed by atoms with Crippen molar-refractivity contribution in [2.45, 2.75) is 46.5 Å². The van der Waals surface area contributed by atoms with Gasteiger partial charge in [0.15, 0.2) is 0 Å². The molecule has 0 aliphatic heterocycles. The van der Waals surface area contributed by atoms with Crippen molar-refractivity contribution in [2.75, 3.05) is 12.4 Å². The second-order valence-corrected chi connectivity index (χ2v) is 7.63.